The fourth-order valence-corrected chi connectivity index (χ4v) is 4.49. The summed E-state index contributed by atoms with van der Waals surface area (Å²) in [6.45, 7) is 4.03. The third-order valence-electron chi connectivity index (χ3n) is 4.42. The SMILES string of the molecule is CCOC(=O)N=S(C)(=O)c1ccc(Nc2ncc(-c3cccs3)c(OCC(C)CO)n2)cc1. The number of thiophene rings is 1. The van der Waals surface area contributed by atoms with Gasteiger partial charge in [0.25, 0.3) is 0 Å². The van der Waals surface area contributed by atoms with Crippen LogP contribution in [0.4, 0.5) is 16.4 Å². The van der Waals surface area contributed by atoms with Gasteiger partial charge in [0.1, 0.15) is 0 Å². The van der Waals surface area contributed by atoms with Crippen molar-refractivity contribution in [2.45, 2.75) is 18.7 Å². The summed E-state index contributed by atoms with van der Waals surface area (Å²) in [4.78, 5) is 21.8. The summed E-state index contributed by atoms with van der Waals surface area (Å²) < 4.78 is 27.0. The molecule has 1 aromatic carbocycles. The Labute approximate surface area is 197 Å². The summed E-state index contributed by atoms with van der Waals surface area (Å²) in [6, 6.07) is 10.5. The van der Waals surface area contributed by atoms with Gasteiger partial charge in [0.15, 0.2) is 0 Å². The molecule has 0 saturated carbocycles. The van der Waals surface area contributed by atoms with Gasteiger partial charge in [-0.05, 0) is 42.6 Å². The number of amides is 1. The highest BCUT2D eigenvalue weighted by Crippen LogP contribution is 2.32. The van der Waals surface area contributed by atoms with Crippen LogP contribution in [0.3, 0.4) is 0 Å². The molecule has 3 rings (SSSR count). The maximum absolute atomic E-state index is 12.7. The third-order valence-corrected chi connectivity index (χ3v) is 6.97. The van der Waals surface area contributed by atoms with E-state index in [0.29, 0.717) is 29.0 Å². The van der Waals surface area contributed by atoms with Crippen molar-refractivity contribution in [2.24, 2.45) is 10.3 Å². The molecule has 2 atom stereocenters. The van der Waals surface area contributed by atoms with E-state index in [1.807, 2.05) is 24.4 Å². The molecule has 2 unspecified atom stereocenters. The number of nitrogens with one attached hydrogen (secondary N) is 1. The normalized spacial score (nSPS) is 13.6. The van der Waals surface area contributed by atoms with E-state index < -0.39 is 15.8 Å². The molecule has 0 aliphatic carbocycles. The Morgan fingerprint density at radius 2 is 2.06 bits per heavy atom. The highest BCUT2D eigenvalue weighted by Gasteiger charge is 2.14. The van der Waals surface area contributed by atoms with E-state index in [9.17, 15) is 14.1 Å². The minimum absolute atomic E-state index is 0.0138. The topological polar surface area (TPSA) is 123 Å². The molecule has 2 heterocycles. The molecule has 2 N–H and O–H groups in total. The van der Waals surface area contributed by atoms with E-state index in [4.69, 9.17) is 9.47 Å². The van der Waals surface area contributed by atoms with Gasteiger partial charge < -0.3 is 19.9 Å². The lowest BCUT2D eigenvalue weighted by Gasteiger charge is -2.14. The molecule has 3 aromatic rings. The summed E-state index contributed by atoms with van der Waals surface area (Å²) in [6.07, 6.45) is 2.22. The van der Waals surface area contributed by atoms with Gasteiger partial charge in [-0.2, -0.15) is 4.98 Å². The lowest BCUT2D eigenvalue weighted by molar-refractivity contribution is 0.164. The average molecular weight is 491 g/mol. The molecular formula is C22H26N4O5S2. The third kappa shape index (κ3) is 6.73. The van der Waals surface area contributed by atoms with Crippen LogP contribution < -0.4 is 10.1 Å². The zero-order valence-electron chi connectivity index (χ0n) is 18.6. The molecule has 0 spiro atoms. The van der Waals surface area contributed by atoms with Crippen molar-refractivity contribution in [1.29, 1.82) is 0 Å². The van der Waals surface area contributed by atoms with Crippen molar-refractivity contribution in [2.75, 3.05) is 31.4 Å². The van der Waals surface area contributed by atoms with Crippen LogP contribution in [0, 0.1) is 5.92 Å². The largest absolute Gasteiger partial charge is 0.477 e. The number of aliphatic hydroxyl groups excluding tert-OH is 1. The van der Waals surface area contributed by atoms with Gasteiger partial charge >= 0.3 is 6.09 Å². The van der Waals surface area contributed by atoms with Crippen molar-refractivity contribution in [3.63, 3.8) is 0 Å². The van der Waals surface area contributed by atoms with Crippen LogP contribution in [0.25, 0.3) is 10.4 Å². The standard InChI is InChI=1S/C22H26N4O5S2/c1-4-30-22(28)26-33(3,29)17-9-7-16(8-10-17)24-21-23-12-18(19-6-5-11-32-19)20(25-21)31-14-15(2)13-27/h5-12,15,27H,4,13-14H2,1-3H3,(H,23,24,25). The average Bonchev–Trinajstić information content (AvgIpc) is 3.32. The van der Waals surface area contributed by atoms with Crippen molar-refractivity contribution in [3.05, 3.63) is 48.0 Å². The van der Waals surface area contributed by atoms with Crippen LogP contribution in [0.15, 0.2) is 57.2 Å². The van der Waals surface area contributed by atoms with Gasteiger partial charge in [-0.25, -0.2) is 14.0 Å². The highest BCUT2D eigenvalue weighted by molar-refractivity contribution is 7.93. The predicted molar refractivity (Wildman–Crippen MR) is 129 cm³/mol. The predicted octanol–water partition coefficient (Wildman–Crippen LogP) is 4.57. The quantitative estimate of drug-likeness (QED) is 0.447. The molecule has 0 fully saturated rings. The number of hydrogen-bond donors (Lipinski definition) is 2. The van der Waals surface area contributed by atoms with E-state index >= 15 is 0 Å². The van der Waals surface area contributed by atoms with Crippen molar-refractivity contribution in [1.82, 2.24) is 9.97 Å². The highest BCUT2D eigenvalue weighted by atomic mass is 32.2. The first kappa shape index (κ1) is 24.6. The van der Waals surface area contributed by atoms with Crippen LogP contribution >= 0.6 is 11.3 Å². The van der Waals surface area contributed by atoms with E-state index in [1.54, 1.807) is 48.7 Å². The second-order valence-corrected chi connectivity index (χ2v) is 10.4. The number of anilines is 2. The molecule has 9 nitrogen and oxygen atoms in total. The van der Waals surface area contributed by atoms with E-state index in [-0.39, 0.29) is 19.1 Å². The zero-order valence-corrected chi connectivity index (χ0v) is 20.2. The summed E-state index contributed by atoms with van der Waals surface area (Å²) in [5.74, 6) is 0.698. The van der Waals surface area contributed by atoms with Gasteiger partial charge in [-0.3, -0.25) is 0 Å². The molecule has 0 aliphatic heterocycles. The van der Waals surface area contributed by atoms with Crippen molar-refractivity contribution in [3.8, 4) is 16.3 Å². The first-order valence-corrected chi connectivity index (χ1v) is 13.0. The maximum atomic E-state index is 12.7. The van der Waals surface area contributed by atoms with Gasteiger partial charge in [-0.15, -0.1) is 15.7 Å². The van der Waals surface area contributed by atoms with Crippen molar-refractivity contribution < 1.29 is 23.6 Å². The Kier molecular flexibility index (Phi) is 8.37. The van der Waals surface area contributed by atoms with Gasteiger partial charge in [0.2, 0.25) is 11.8 Å². The van der Waals surface area contributed by atoms with E-state index in [1.165, 1.54) is 6.26 Å². The number of aliphatic hydroxyl groups is 1. The number of rotatable bonds is 9. The summed E-state index contributed by atoms with van der Waals surface area (Å²) in [5.41, 5.74) is 1.42. The fourth-order valence-electron chi connectivity index (χ4n) is 2.68. The number of hydrogen-bond acceptors (Lipinski definition) is 9. The Morgan fingerprint density at radius 1 is 1.30 bits per heavy atom. The number of nitrogens with zero attached hydrogens (tertiary/aromatic N) is 3. The Hall–Kier alpha value is -3.02. The smallest absolute Gasteiger partial charge is 0.442 e. The number of ether oxygens (including phenoxy) is 2. The summed E-state index contributed by atoms with van der Waals surface area (Å²) in [7, 11) is -2.92. The number of aromatic nitrogens is 2. The minimum atomic E-state index is -2.92. The van der Waals surface area contributed by atoms with Gasteiger partial charge in [0.05, 0.1) is 28.5 Å². The van der Waals surface area contributed by atoms with Crippen LogP contribution in [0.5, 0.6) is 5.88 Å². The first-order valence-electron chi connectivity index (χ1n) is 10.2. The molecular weight excluding hydrogens is 464 g/mol. The van der Waals surface area contributed by atoms with Crippen LogP contribution in [0.2, 0.25) is 0 Å². The Bertz CT molecular complexity index is 1190. The molecule has 11 heteroatoms. The summed E-state index contributed by atoms with van der Waals surface area (Å²) in [5, 5.41) is 14.4. The van der Waals surface area contributed by atoms with E-state index in [0.717, 1.165) is 10.4 Å². The molecule has 0 saturated heterocycles. The molecule has 33 heavy (non-hydrogen) atoms. The lowest BCUT2D eigenvalue weighted by atomic mass is 10.2. The van der Waals surface area contributed by atoms with Gasteiger partial charge in [-0.1, -0.05) is 13.0 Å². The minimum Gasteiger partial charge on any atom is -0.477 e. The number of carbonyl (C=O) groups excluding carboxylic acids is 1. The molecule has 1 amide bonds. The monoisotopic (exact) mass is 490 g/mol. The van der Waals surface area contributed by atoms with Gasteiger partial charge in [0, 0.05) is 40.4 Å². The fraction of sp³-hybridized carbons (Fsp3) is 0.318. The molecule has 0 radical (unpaired) electrons. The molecule has 0 bridgehead atoms. The van der Waals surface area contributed by atoms with E-state index in [2.05, 4.69) is 19.6 Å². The van der Waals surface area contributed by atoms with Crippen molar-refractivity contribution >= 4 is 38.8 Å². The lowest BCUT2D eigenvalue weighted by Crippen LogP contribution is -2.13. The number of carbonyl (C=O) groups is 1. The Balaban J connectivity index is 1.81. The summed E-state index contributed by atoms with van der Waals surface area (Å²) >= 11 is 1.55. The van der Waals surface area contributed by atoms with Crippen LogP contribution in [-0.2, 0) is 14.5 Å². The second kappa shape index (κ2) is 11.2. The molecule has 176 valence electrons. The zero-order chi connectivity index (χ0) is 23.8. The number of benzene rings is 1. The van der Waals surface area contributed by atoms with Crippen LogP contribution in [-0.4, -0.2) is 51.5 Å². The molecule has 2 aromatic heterocycles. The Morgan fingerprint density at radius 3 is 2.70 bits per heavy atom. The van der Waals surface area contributed by atoms with Crippen LogP contribution in [0.1, 0.15) is 13.8 Å². The second-order valence-electron chi connectivity index (χ2n) is 7.23. The molecule has 0 aliphatic rings. The first-order chi connectivity index (χ1) is 15.8. The maximum Gasteiger partial charge on any atom is 0.442 e.